The van der Waals surface area contributed by atoms with E-state index in [9.17, 15) is 22.8 Å². The summed E-state index contributed by atoms with van der Waals surface area (Å²) in [6.45, 7) is 1.64. The highest BCUT2D eigenvalue weighted by Gasteiger charge is 2.41. The number of hydrogen-bond donors (Lipinski definition) is 0. The zero-order valence-electron chi connectivity index (χ0n) is 28.4. The number of imide groups is 1. The maximum Gasteiger partial charge on any atom is 0.417 e. The van der Waals surface area contributed by atoms with Crippen LogP contribution >= 0.6 is 0 Å². The number of fused-ring (bicyclic) bond motifs is 4. The number of anilines is 1. The van der Waals surface area contributed by atoms with Crippen molar-refractivity contribution in [2.24, 2.45) is 0 Å². The molecular weight excluding hydrogens is 670 g/mol. The van der Waals surface area contributed by atoms with Crippen LogP contribution < -0.4 is 4.90 Å². The lowest BCUT2D eigenvalue weighted by molar-refractivity contribution is -0.137. The van der Waals surface area contributed by atoms with Gasteiger partial charge in [0, 0.05) is 21.9 Å². The van der Waals surface area contributed by atoms with Gasteiger partial charge in [-0.05, 0) is 65.6 Å². The fourth-order valence-electron chi connectivity index (χ4n) is 7.69. The van der Waals surface area contributed by atoms with Crippen molar-refractivity contribution in [3.8, 4) is 39.1 Å². The van der Waals surface area contributed by atoms with Crippen molar-refractivity contribution in [3.05, 3.63) is 180 Å². The van der Waals surface area contributed by atoms with E-state index < -0.39 is 23.6 Å². The van der Waals surface area contributed by atoms with Crippen molar-refractivity contribution in [1.29, 1.82) is 0 Å². The first-order valence-electron chi connectivity index (χ1n) is 17.2. The summed E-state index contributed by atoms with van der Waals surface area (Å²) >= 11 is 0. The van der Waals surface area contributed by atoms with E-state index in [1.165, 1.54) is 17.0 Å². The van der Waals surface area contributed by atoms with Crippen LogP contribution in [0.25, 0.3) is 60.9 Å². The third kappa shape index (κ3) is 5.15. The molecule has 0 spiro atoms. The van der Waals surface area contributed by atoms with Gasteiger partial charge in [-0.1, -0.05) is 127 Å². The third-order valence-corrected chi connectivity index (χ3v) is 10.0. The molecule has 0 bridgehead atoms. The van der Waals surface area contributed by atoms with E-state index in [0.29, 0.717) is 28.0 Å². The van der Waals surface area contributed by atoms with Crippen molar-refractivity contribution in [2.45, 2.75) is 13.1 Å². The van der Waals surface area contributed by atoms with E-state index in [1.807, 2.05) is 114 Å². The Morgan fingerprint density at radius 2 is 1.09 bits per heavy atom. The highest BCUT2D eigenvalue weighted by Crippen LogP contribution is 2.45. The van der Waals surface area contributed by atoms with Crippen LogP contribution in [-0.4, -0.2) is 16.4 Å². The van der Waals surface area contributed by atoms with Crippen LogP contribution in [0, 0.1) is 6.92 Å². The molecule has 2 amide bonds. The standard InChI is InChI=1S/C46H29F3N2O2/c1-28-22-24-32(38(26-28)46(47,48)49)31-23-25-40-37(27-31)35-16-8-9-20-39(35)50(40)41-21-11-19-36-42(41)45(53)51(44(36)52)43-33(29-12-4-2-5-13-29)17-10-18-34(43)30-14-6-3-7-15-30/h2-27H,1H3. The fourth-order valence-corrected chi connectivity index (χ4v) is 7.69. The van der Waals surface area contributed by atoms with Crippen molar-refractivity contribution >= 4 is 39.3 Å². The van der Waals surface area contributed by atoms with Crippen LogP contribution in [0.4, 0.5) is 18.9 Å². The molecule has 8 aromatic rings. The number of rotatable bonds is 5. The fraction of sp³-hybridized carbons (Fsp3) is 0.0435. The average Bonchev–Trinajstić information content (AvgIpc) is 3.64. The van der Waals surface area contributed by atoms with Crippen LogP contribution in [0.3, 0.4) is 0 Å². The Morgan fingerprint density at radius 1 is 0.491 bits per heavy atom. The molecule has 0 fully saturated rings. The number of nitrogens with zero attached hydrogens (tertiary/aromatic N) is 2. The number of aromatic nitrogens is 1. The number of carbonyl (C=O) groups excluding carboxylic acids is 2. The molecule has 4 nitrogen and oxygen atoms in total. The zero-order valence-corrected chi connectivity index (χ0v) is 28.4. The van der Waals surface area contributed by atoms with Gasteiger partial charge >= 0.3 is 6.18 Å². The van der Waals surface area contributed by atoms with Gasteiger partial charge in [-0.15, -0.1) is 0 Å². The van der Waals surface area contributed by atoms with E-state index in [1.54, 1.807) is 43.3 Å². The van der Waals surface area contributed by atoms with E-state index in [4.69, 9.17) is 0 Å². The summed E-state index contributed by atoms with van der Waals surface area (Å²) in [6, 6.07) is 47.6. The molecule has 0 saturated heterocycles. The van der Waals surface area contributed by atoms with Crippen LogP contribution in [-0.2, 0) is 6.18 Å². The minimum absolute atomic E-state index is 0.0881. The summed E-state index contributed by atoms with van der Waals surface area (Å²) in [4.78, 5) is 30.8. The Balaban J connectivity index is 1.25. The van der Waals surface area contributed by atoms with Gasteiger partial charge in [-0.25, -0.2) is 4.90 Å². The number of amides is 2. The van der Waals surface area contributed by atoms with Crippen LogP contribution in [0.5, 0.6) is 0 Å². The molecule has 53 heavy (non-hydrogen) atoms. The van der Waals surface area contributed by atoms with Crippen molar-refractivity contribution in [2.75, 3.05) is 4.90 Å². The molecule has 0 N–H and O–H groups in total. The maximum atomic E-state index is 14.9. The SMILES string of the molecule is Cc1ccc(-c2ccc3c(c2)c2ccccc2n3-c2cccc3c2C(=O)N(c2c(-c4ccccc4)cccc2-c2ccccc2)C3=O)c(C(F)(F)F)c1. The van der Waals surface area contributed by atoms with E-state index in [-0.39, 0.29) is 16.7 Å². The van der Waals surface area contributed by atoms with Gasteiger partial charge in [0.25, 0.3) is 11.8 Å². The zero-order chi connectivity index (χ0) is 36.4. The van der Waals surface area contributed by atoms with Crippen LogP contribution in [0.1, 0.15) is 31.8 Å². The molecule has 0 saturated carbocycles. The molecule has 1 aliphatic rings. The monoisotopic (exact) mass is 698 g/mol. The van der Waals surface area contributed by atoms with Crippen LogP contribution in [0.2, 0.25) is 0 Å². The lowest BCUT2D eigenvalue weighted by atomic mass is 9.95. The van der Waals surface area contributed by atoms with Crippen molar-refractivity contribution < 1.29 is 22.8 Å². The molecule has 7 heteroatoms. The number of carbonyl (C=O) groups is 2. The Kier molecular flexibility index (Phi) is 7.41. The van der Waals surface area contributed by atoms with E-state index in [2.05, 4.69) is 0 Å². The molecule has 0 aliphatic carbocycles. The number of alkyl halides is 3. The Hall–Kier alpha value is -6.73. The summed E-state index contributed by atoms with van der Waals surface area (Å²) in [5, 5.41) is 1.52. The van der Waals surface area contributed by atoms with Crippen molar-refractivity contribution in [1.82, 2.24) is 4.57 Å². The smallest absolute Gasteiger partial charge is 0.308 e. The highest BCUT2D eigenvalue weighted by atomic mass is 19.4. The molecule has 1 aromatic heterocycles. The largest absolute Gasteiger partial charge is 0.417 e. The average molecular weight is 699 g/mol. The maximum absolute atomic E-state index is 14.9. The van der Waals surface area contributed by atoms with E-state index in [0.717, 1.165) is 38.5 Å². The second-order valence-electron chi connectivity index (χ2n) is 13.2. The predicted octanol–water partition coefficient (Wildman–Crippen LogP) is 11.9. The second kappa shape index (κ2) is 12.2. The number of halogens is 3. The first-order chi connectivity index (χ1) is 25.7. The molecule has 1 aliphatic heterocycles. The molecule has 0 radical (unpaired) electrons. The number of benzene rings is 7. The van der Waals surface area contributed by atoms with Gasteiger partial charge in [0.2, 0.25) is 0 Å². The molecule has 256 valence electrons. The first-order valence-corrected chi connectivity index (χ1v) is 17.2. The third-order valence-electron chi connectivity index (χ3n) is 10.0. The Bertz CT molecular complexity index is 2710. The van der Waals surface area contributed by atoms with Gasteiger partial charge < -0.3 is 4.57 Å². The summed E-state index contributed by atoms with van der Waals surface area (Å²) in [6.07, 6.45) is -4.53. The minimum atomic E-state index is -4.53. The van der Waals surface area contributed by atoms with Gasteiger partial charge in [0.1, 0.15) is 0 Å². The molecule has 2 heterocycles. The lowest BCUT2D eigenvalue weighted by Gasteiger charge is -2.23. The summed E-state index contributed by atoms with van der Waals surface area (Å²) in [5.41, 5.74) is 6.50. The molecular formula is C46H29F3N2O2. The van der Waals surface area contributed by atoms with Crippen LogP contribution in [0.15, 0.2) is 158 Å². The minimum Gasteiger partial charge on any atom is -0.308 e. The van der Waals surface area contributed by atoms with Gasteiger partial charge in [0.15, 0.2) is 0 Å². The molecule has 7 aromatic carbocycles. The quantitative estimate of drug-likeness (QED) is 0.168. The lowest BCUT2D eigenvalue weighted by Crippen LogP contribution is -2.30. The Labute approximate surface area is 303 Å². The Morgan fingerprint density at radius 3 is 1.77 bits per heavy atom. The predicted molar refractivity (Wildman–Crippen MR) is 204 cm³/mol. The first kappa shape index (κ1) is 32.2. The number of para-hydroxylation sites is 2. The van der Waals surface area contributed by atoms with E-state index >= 15 is 0 Å². The van der Waals surface area contributed by atoms with Crippen molar-refractivity contribution in [3.63, 3.8) is 0 Å². The number of aryl methyl sites for hydroxylation is 1. The second-order valence-corrected chi connectivity index (χ2v) is 13.2. The highest BCUT2D eigenvalue weighted by molar-refractivity contribution is 6.37. The number of hydrogen-bond acceptors (Lipinski definition) is 2. The van der Waals surface area contributed by atoms with Gasteiger partial charge in [0.05, 0.1) is 39.1 Å². The molecule has 9 rings (SSSR count). The normalized spacial score (nSPS) is 12.9. The van der Waals surface area contributed by atoms with Gasteiger partial charge in [-0.2, -0.15) is 13.2 Å². The summed E-state index contributed by atoms with van der Waals surface area (Å²) in [5.74, 6) is -0.896. The topological polar surface area (TPSA) is 42.3 Å². The van der Waals surface area contributed by atoms with Gasteiger partial charge in [-0.3, -0.25) is 9.59 Å². The molecule has 0 unspecified atom stereocenters. The summed E-state index contributed by atoms with van der Waals surface area (Å²) < 4.78 is 44.6. The molecule has 0 atom stereocenters. The summed E-state index contributed by atoms with van der Waals surface area (Å²) in [7, 11) is 0.